The van der Waals surface area contributed by atoms with E-state index in [1.54, 1.807) is 11.3 Å². The van der Waals surface area contributed by atoms with Crippen LogP contribution in [-0.2, 0) is 5.41 Å². The zero-order valence-corrected chi connectivity index (χ0v) is 27.3. The highest BCUT2D eigenvalue weighted by Gasteiger charge is 2.40. The molecule has 2 aliphatic rings. The van der Waals surface area contributed by atoms with Crippen molar-refractivity contribution in [2.24, 2.45) is 0 Å². The van der Waals surface area contributed by atoms with Crippen molar-refractivity contribution in [2.75, 3.05) is 4.90 Å². The van der Waals surface area contributed by atoms with Gasteiger partial charge in [-0.15, -0.1) is 11.3 Å². The normalized spacial score (nSPS) is 12.9. The first-order chi connectivity index (χ1) is 22.9. The first kappa shape index (κ1) is 28.0. The average molecular weight is 626 g/mol. The van der Waals surface area contributed by atoms with E-state index in [0.717, 1.165) is 56.4 Å². The van der Waals surface area contributed by atoms with Gasteiger partial charge in [0.25, 0.3) is 6.71 Å². The van der Waals surface area contributed by atoms with Crippen LogP contribution in [0.5, 0.6) is 23.0 Å². The van der Waals surface area contributed by atoms with Gasteiger partial charge in [0.15, 0.2) is 0 Å². The number of benzene rings is 6. The van der Waals surface area contributed by atoms with E-state index in [1.165, 1.54) is 26.8 Å². The smallest absolute Gasteiger partial charge is 0.260 e. The van der Waals surface area contributed by atoms with Gasteiger partial charge in [-0.2, -0.15) is 0 Å². The molecule has 7 aromatic rings. The first-order valence-electron chi connectivity index (χ1n) is 16.1. The Morgan fingerprint density at radius 3 is 1.85 bits per heavy atom. The van der Waals surface area contributed by atoms with Crippen LogP contribution >= 0.6 is 11.3 Å². The summed E-state index contributed by atoms with van der Waals surface area (Å²) < 4.78 is 14.7. The summed E-state index contributed by atoms with van der Waals surface area (Å²) in [6.45, 7) is 6.80. The summed E-state index contributed by atoms with van der Waals surface area (Å²) in [4.78, 5) is 2.37. The number of fused-ring (bicyclic) bond motifs is 5. The lowest BCUT2D eigenvalue weighted by molar-refractivity contribution is 0.465. The maximum atomic E-state index is 6.73. The number of para-hydroxylation sites is 2. The van der Waals surface area contributed by atoms with E-state index in [4.69, 9.17) is 9.47 Å². The van der Waals surface area contributed by atoms with Crippen LogP contribution in [0.2, 0.25) is 0 Å². The average Bonchev–Trinajstić information content (AvgIpc) is 3.57. The number of hydrogen-bond donors (Lipinski definition) is 0. The van der Waals surface area contributed by atoms with Gasteiger partial charge < -0.3 is 14.4 Å². The summed E-state index contributed by atoms with van der Waals surface area (Å²) in [5, 5.41) is 3.42. The van der Waals surface area contributed by atoms with Crippen molar-refractivity contribution in [2.45, 2.75) is 26.2 Å². The van der Waals surface area contributed by atoms with E-state index in [1.807, 2.05) is 12.1 Å². The van der Waals surface area contributed by atoms with Crippen molar-refractivity contribution in [3.63, 3.8) is 0 Å². The maximum Gasteiger partial charge on any atom is 0.260 e. The van der Waals surface area contributed by atoms with Crippen LogP contribution in [0, 0.1) is 0 Å². The Bertz CT molecular complexity index is 2230. The zero-order valence-electron chi connectivity index (χ0n) is 26.5. The fourth-order valence-corrected chi connectivity index (χ4v) is 7.97. The van der Waals surface area contributed by atoms with Gasteiger partial charge in [-0.25, -0.2) is 0 Å². The lowest BCUT2D eigenvalue weighted by Gasteiger charge is -2.35. The quantitative estimate of drug-likeness (QED) is 0.182. The van der Waals surface area contributed by atoms with E-state index in [-0.39, 0.29) is 12.1 Å². The molecule has 226 valence electrons. The fourth-order valence-electron chi connectivity index (χ4n) is 7.17. The van der Waals surface area contributed by atoms with Crippen LogP contribution in [0.15, 0.2) is 139 Å². The fraction of sp³-hybridized carbons (Fsp3) is 0.0952. The molecule has 5 heteroatoms. The van der Waals surface area contributed by atoms with Gasteiger partial charge in [0, 0.05) is 38.9 Å². The summed E-state index contributed by atoms with van der Waals surface area (Å²) >= 11 is 1.77. The highest BCUT2D eigenvalue weighted by molar-refractivity contribution is 7.17. The van der Waals surface area contributed by atoms with Gasteiger partial charge in [0.2, 0.25) is 0 Å². The Morgan fingerprint density at radius 1 is 0.596 bits per heavy atom. The monoisotopic (exact) mass is 625 g/mol. The summed E-state index contributed by atoms with van der Waals surface area (Å²) in [5.41, 5.74) is 10.3. The molecule has 0 saturated heterocycles. The summed E-state index contributed by atoms with van der Waals surface area (Å²) in [5.74, 6) is 3.42. The molecule has 0 amide bonds. The molecule has 2 aliphatic heterocycles. The molecule has 0 bridgehead atoms. The van der Waals surface area contributed by atoms with Gasteiger partial charge in [0.1, 0.15) is 23.0 Å². The van der Waals surface area contributed by atoms with Crippen LogP contribution in [0.1, 0.15) is 26.3 Å². The minimum Gasteiger partial charge on any atom is -0.458 e. The molecule has 0 saturated carbocycles. The van der Waals surface area contributed by atoms with E-state index in [2.05, 4.69) is 152 Å². The van der Waals surface area contributed by atoms with Crippen LogP contribution < -0.4 is 30.8 Å². The molecule has 6 aromatic carbocycles. The number of rotatable bonds is 4. The number of hydrogen-bond acceptors (Lipinski definition) is 4. The molecule has 0 fully saturated rings. The third-order valence-corrected chi connectivity index (χ3v) is 10.3. The Balaban J connectivity index is 1.31. The van der Waals surface area contributed by atoms with Crippen molar-refractivity contribution >= 4 is 61.6 Å². The molecule has 3 nitrogen and oxygen atoms in total. The van der Waals surface area contributed by atoms with Crippen LogP contribution in [0.3, 0.4) is 0 Å². The largest absolute Gasteiger partial charge is 0.458 e. The van der Waals surface area contributed by atoms with Crippen LogP contribution in [0.25, 0.3) is 21.2 Å². The highest BCUT2D eigenvalue weighted by atomic mass is 32.1. The second kappa shape index (κ2) is 10.6. The summed E-state index contributed by atoms with van der Waals surface area (Å²) in [6.07, 6.45) is 0. The molecule has 47 heavy (non-hydrogen) atoms. The van der Waals surface area contributed by atoms with Crippen LogP contribution in [0.4, 0.5) is 17.1 Å². The predicted molar refractivity (Wildman–Crippen MR) is 198 cm³/mol. The minimum absolute atomic E-state index is 0.0329. The number of thiophene rings is 1. The molecule has 0 spiro atoms. The van der Waals surface area contributed by atoms with Crippen molar-refractivity contribution in [1.82, 2.24) is 0 Å². The molecule has 1 aromatic heterocycles. The lowest BCUT2D eigenvalue weighted by Crippen LogP contribution is -2.57. The van der Waals surface area contributed by atoms with E-state index >= 15 is 0 Å². The number of nitrogens with zero attached hydrogens (tertiary/aromatic N) is 1. The third-order valence-electron chi connectivity index (χ3n) is 9.44. The first-order valence-corrected chi connectivity index (χ1v) is 17.0. The van der Waals surface area contributed by atoms with Crippen LogP contribution in [-0.4, -0.2) is 6.71 Å². The molecule has 0 unspecified atom stereocenters. The van der Waals surface area contributed by atoms with E-state index in [9.17, 15) is 0 Å². The summed E-state index contributed by atoms with van der Waals surface area (Å²) in [6, 6.07) is 47.6. The van der Waals surface area contributed by atoms with Gasteiger partial charge in [0.05, 0.1) is 11.4 Å². The second-order valence-corrected chi connectivity index (χ2v) is 14.3. The topological polar surface area (TPSA) is 21.7 Å². The minimum atomic E-state index is 0.0329. The van der Waals surface area contributed by atoms with E-state index < -0.39 is 0 Å². The van der Waals surface area contributed by atoms with Gasteiger partial charge >= 0.3 is 0 Å². The Kier molecular flexibility index (Phi) is 6.35. The molecule has 0 atom stereocenters. The number of ether oxygens (including phenoxy) is 2. The van der Waals surface area contributed by atoms with Crippen molar-refractivity contribution in [1.29, 1.82) is 0 Å². The molecule has 0 N–H and O–H groups in total. The van der Waals surface area contributed by atoms with E-state index in [0.29, 0.717) is 0 Å². The highest BCUT2D eigenvalue weighted by Crippen LogP contribution is 2.48. The van der Waals surface area contributed by atoms with Gasteiger partial charge in [-0.1, -0.05) is 99.6 Å². The molecular weight excluding hydrogens is 593 g/mol. The maximum absolute atomic E-state index is 6.73. The van der Waals surface area contributed by atoms with Gasteiger partial charge in [-0.3, -0.25) is 0 Å². The predicted octanol–water partition coefficient (Wildman–Crippen LogP) is 10.1. The zero-order chi connectivity index (χ0) is 31.7. The Hall–Kier alpha value is -5.26. The molecule has 9 rings (SSSR count). The molecule has 3 heterocycles. The second-order valence-electron chi connectivity index (χ2n) is 13.4. The Labute approximate surface area is 279 Å². The molecule has 0 radical (unpaired) electrons. The third kappa shape index (κ3) is 4.57. The van der Waals surface area contributed by atoms with Crippen molar-refractivity contribution in [3.8, 4) is 34.1 Å². The van der Waals surface area contributed by atoms with Gasteiger partial charge in [-0.05, 0) is 75.3 Å². The lowest BCUT2D eigenvalue weighted by atomic mass is 9.35. The standard InChI is InChI=1S/C42H32BNO2S/c1-42(2,3)28-17-19-29(20-18-28)44(34-21-22-39-31(23-24-47-39)40(34)27-11-5-4-6-12-27)30-25-37-41-38(26-30)46-36-16-10-8-14-33(36)43(41)32-13-7-9-15-35(32)45-37/h4-26H,1-3H3. The molecular formula is C42H32BNO2S. The molecule has 0 aliphatic carbocycles. The van der Waals surface area contributed by atoms with Crippen molar-refractivity contribution < 1.29 is 9.47 Å². The summed E-state index contributed by atoms with van der Waals surface area (Å²) in [7, 11) is 0. The Morgan fingerprint density at radius 2 is 1.21 bits per heavy atom. The SMILES string of the molecule is CC(C)(C)c1ccc(N(c2cc3c4c(c2)Oc2ccccc2B4c2ccccc2O3)c2ccc3sccc3c2-c2ccccc2)cc1. The van der Waals surface area contributed by atoms with Crippen molar-refractivity contribution in [3.05, 3.63) is 144 Å². The number of anilines is 3.